The smallest absolute Gasteiger partial charge is 0.416 e. The van der Waals surface area contributed by atoms with Gasteiger partial charge in [0.15, 0.2) is 5.69 Å². The summed E-state index contributed by atoms with van der Waals surface area (Å²) in [6, 6.07) is 5.09. The number of aromatic nitrogens is 3. The number of carboxylic acids is 1. The van der Waals surface area contributed by atoms with Gasteiger partial charge in [0.25, 0.3) is 0 Å². The molecule has 150 valence electrons. The molecule has 0 atom stereocenters. The van der Waals surface area contributed by atoms with E-state index in [1.807, 2.05) is 0 Å². The van der Waals surface area contributed by atoms with Crippen molar-refractivity contribution in [2.45, 2.75) is 32.5 Å². The fraction of sp³-hybridized carbons (Fsp3) is 0.333. The van der Waals surface area contributed by atoms with Crippen LogP contribution < -0.4 is 5.32 Å². The van der Waals surface area contributed by atoms with Gasteiger partial charge in [-0.15, -0.1) is 5.10 Å². The Balaban J connectivity index is 1.82. The van der Waals surface area contributed by atoms with Crippen molar-refractivity contribution < 1.29 is 27.9 Å². The number of carbonyl (C=O) groups is 2. The molecule has 1 aromatic heterocycles. The molecule has 1 heterocycles. The topological polar surface area (TPSA) is 97.1 Å². The molecule has 0 spiro atoms. The van der Waals surface area contributed by atoms with E-state index in [-0.39, 0.29) is 16.8 Å². The van der Waals surface area contributed by atoms with Gasteiger partial charge in [-0.25, -0.2) is 4.79 Å². The minimum Gasteiger partial charge on any atom is -0.476 e. The predicted molar refractivity (Wildman–Crippen MR) is 94.3 cm³/mol. The first-order valence-corrected chi connectivity index (χ1v) is 8.44. The number of carboxylic acid groups (broad SMARTS) is 1. The SMILES string of the molecule is C/C(=C\C(=O)NCCCCn1cc(C(=O)O)nn1)c1ccccc1C(F)(F)F. The standard InChI is InChI=1S/C18H19F3N4O3/c1-12(13-6-2-3-7-14(13)18(19,20)21)10-16(26)22-8-4-5-9-25-11-15(17(27)28)23-24-25/h2-3,6-7,10-11H,4-5,8-9H2,1H3,(H,22,26)(H,27,28)/b12-10+. The number of halogens is 3. The van der Waals surface area contributed by atoms with Gasteiger partial charge in [0.1, 0.15) is 0 Å². The molecule has 0 bridgehead atoms. The maximum absolute atomic E-state index is 13.0. The van der Waals surface area contributed by atoms with Crippen molar-refractivity contribution in [3.8, 4) is 0 Å². The average molecular weight is 396 g/mol. The molecule has 1 amide bonds. The van der Waals surface area contributed by atoms with Crippen molar-refractivity contribution >= 4 is 17.4 Å². The summed E-state index contributed by atoms with van der Waals surface area (Å²) in [6.45, 7) is 2.21. The van der Waals surface area contributed by atoms with Crippen molar-refractivity contribution in [1.82, 2.24) is 20.3 Å². The normalized spacial score (nSPS) is 12.1. The number of unbranched alkanes of at least 4 members (excludes halogenated alkanes) is 1. The lowest BCUT2D eigenvalue weighted by molar-refractivity contribution is -0.137. The van der Waals surface area contributed by atoms with Crippen molar-refractivity contribution in [2.75, 3.05) is 6.54 Å². The van der Waals surface area contributed by atoms with Crippen molar-refractivity contribution in [2.24, 2.45) is 0 Å². The Morgan fingerprint density at radius 3 is 2.61 bits per heavy atom. The van der Waals surface area contributed by atoms with Crippen LogP contribution in [-0.2, 0) is 17.5 Å². The number of nitrogens with one attached hydrogen (secondary N) is 1. The van der Waals surface area contributed by atoms with E-state index in [2.05, 4.69) is 15.6 Å². The Labute approximate surface area is 158 Å². The monoisotopic (exact) mass is 396 g/mol. The molecule has 1 aromatic carbocycles. The first kappa shape index (κ1) is 21.1. The lowest BCUT2D eigenvalue weighted by Crippen LogP contribution is -2.23. The molecule has 0 unspecified atom stereocenters. The van der Waals surface area contributed by atoms with E-state index >= 15 is 0 Å². The van der Waals surface area contributed by atoms with E-state index in [1.54, 1.807) is 0 Å². The molecular weight excluding hydrogens is 377 g/mol. The van der Waals surface area contributed by atoms with Gasteiger partial charge < -0.3 is 10.4 Å². The van der Waals surface area contributed by atoms with Crippen LogP contribution in [-0.4, -0.2) is 38.5 Å². The van der Waals surface area contributed by atoms with E-state index in [4.69, 9.17) is 5.11 Å². The summed E-state index contributed by atoms with van der Waals surface area (Å²) in [5, 5.41) is 18.5. The number of alkyl halides is 3. The second-order valence-electron chi connectivity index (χ2n) is 6.04. The number of aryl methyl sites for hydroxylation is 1. The van der Waals surface area contributed by atoms with Crippen LogP contribution in [0.1, 0.15) is 41.4 Å². The second kappa shape index (κ2) is 9.16. The second-order valence-corrected chi connectivity index (χ2v) is 6.04. The van der Waals surface area contributed by atoms with Gasteiger partial charge >= 0.3 is 12.1 Å². The molecule has 0 fully saturated rings. The van der Waals surface area contributed by atoms with Gasteiger partial charge in [-0.2, -0.15) is 13.2 Å². The van der Waals surface area contributed by atoms with E-state index in [0.717, 1.165) is 12.1 Å². The Morgan fingerprint density at radius 1 is 1.25 bits per heavy atom. The summed E-state index contributed by atoms with van der Waals surface area (Å²) in [7, 11) is 0. The van der Waals surface area contributed by atoms with Gasteiger partial charge in [-0.1, -0.05) is 23.4 Å². The van der Waals surface area contributed by atoms with Crippen molar-refractivity contribution in [3.63, 3.8) is 0 Å². The third-order valence-corrected chi connectivity index (χ3v) is 3.88. The summed E-state index contributed by atoms with van der Waals surface area (Å²) < 4.78 is 40.5. The molecular formula is C18H19F3N4O3. The third-order valence-electron chi connectivity index (χ3n) is 3.88. The van der Waals surface area contributed by atoms with Crippen LogP contribution in [0.25, 0.3) is 5.57 Å². The molecule has 2 aromatic rings. The maximum atomic E-state index is 13.0. The lowest BCUT2D eigenvalue weighted by atomic mass is 10.00. The first-order valence-electron chi connectivity index (χ1n) is 8.44. The highest BCUT2D eigenvalue weighted by molar-refractivity contribution is 5.95. The molecule has 0 aliphatic heterocycles. The molecule has 0 saturated heterocycles. The number of hydrogen-bond donors (Lipinski definition) is 2. The lowest BCUT2D eigenvalue weighted by Gasteiger charge is -2.13. The quantitative estimate of drug-likeness (QED) is 0.528. The number of allylic oxidation sites excluding steroid dienone is 1. The van der Waals surface area contributed by atoms with Crippen molar-refractivity contribution in [1.29, 1.82) is 0 Å². The number of amides is 1. The molecule has 0 saturated carbocycles. The molecule has 28 heavy (non-hydrogen) atoms. The minimum atomic E-state index is -4.50. The zero-order valence-corrected chi connectivity index (χ0v) is 15.0. The van der Waals surface area contributed by atoms with E-state index in [9.17, 15) is 22.8 Å². The van der Waals surface area contributed by atoms with Crippen LogP contribution in [0, 0.1) is 0 Å². The minimum absolute atomic E-state index is 0.0365. The molecule has 0 radical (unpaired) electrons. The molecule has 2 rings (SSSR count). The number of carbonyl (C=O) groups excluding carboxylic acids is 1. The average Bonchev–Trinajstić information content (AvgIpc) is 3.10. The summed E-state index contributed by atoms with van der Waals surface area (Å²) in [5.74, 6) is -1.64. The van der Waals surface area contributed by atoms with Gasteiger partial charge in [0.05, 0.1) is 11.8 Å². The van der Waals surface area contributed by atoms with Gasteiger partial charge in [0.2, 0.25) is 5.91 Å². The molecule has 2 N–H and O–H groups in total. The zero-order chi connectivity index (χ0) is 20.7. The number of hydrogen-bond acceptors (Lipinski definition) is 4. The highest BCUT2D eigenvalue weighted by Crippen LogP contribution is 2.34. The van der Waals surface area contributed by atoms with E-state index in [1.165, 1.54) is 36.0 Å². The van der Waals surface area contributed by atoms with Crippen LogP contribution in [0.2, 0.25) is 0 Å². The highest BCUT2D eigenvalue weighted by Gasteiger charge is 2.33. The number of nitrogens with zero attached hydrogens (tertiary/aromatic N) is 3. The Morgan fingerprint density at radius 2 is 1.96 bits per heavy atom. The molecule has 0 aliphatic carbocycles. The van der Waals surface area contributed by atoms with Gasteiger partial charge in [-0.3, -0.25) is 9.48 Å². The predicted octanol–water partition coefficient (Wildman–Crippen LogP) is 3.00. The summed E-state index contributed by atoms with van der Waals surface area (Å²) >= 11 is 0. The van der Waals surface area contributed by atoms with Crippen LogP contribution in [0.5, 0.6) is 0 Å². The largest absolute Gasteiger partial charge is 0.476 e. The van der Waals surface area contributed by atoms with Gasteiger partial charge in [-0.05, 0) is 37.0 Å². The number of aromatic carboxylic acids is 1. The Hall–Kier alpha value is -3.17. The number of rotatable bonds is 8. The fourth-order valence-electron chi connectivity index (χ4n) is 2.52. The summed E-state index contributed by atoms with van der Waals surface area (Å²) in [5.41, 5.74) is -0.752. The molecule has 7 nitrogen and oxygen atoms in total. The van der Waals surface area contributed by atoms with Crippen molar-refractivity contribution in [3.05, 3.63) is 53.4 Å². The van der Waals surface area contributed by atoms with Crippen LogP contribution in [0.3, 0.4) is 0 Å². The van der Waals surface area contributed by atoms with Crippen LogP contribution in [0.15, 0.2) is 36.5 Å². The first-order chi connectivity index (χ1) is 13.2. The highest BCUT2D eigenvalue weighted by atomic mass is 19.4. The van der Waals surface area contributed by atoms with E-state index in [0.29, 0.717) is 25.9 Å². The van der Waals surface area contributed by atoms with Crippen LogP contribution >= 0.6 is 0 Å². The molecule has 0 aliphatic rings. The van der Waals surface area contributed by atoms with E-state index < -0.39 is 23.6 Å². The zero-order valence-electron chi connectivity index (χ0n) is 15.0. The summed E-state index contributed by atoms with van der Waals surface area (Å²) in [4.78, 5) is 22.6. The Bertz CT molecular complexity index is 875. The fourth-order valence-corrected chi connectivity index (χ4v) is 2.52. The Kier molecular flexibility index (Phi) is 6.91. The van der Waals surface area contributed by atoms with Crippen LogP contribution in [0.4, 0.5) is 13.2 Å². The number of benzene rings is 1. The third kappa shape index (κ3) is 5.93. The maximum Gasteiger partial charge on any atom is 0.416 e. The van der Waals surface area contributed by atoms with Gasteiger partial charge in [0, 0.05) is 19.2 Å². The molecule has 10 heteroatoms. The summed E-state index contributed by atoms with van der Waals surface area (Å²) in [6.07, 6.45) is -0.849.